The molecule has 7 nitrogen and oxygen atoms in total. The predicted molar refractivity (Wildman–Crippen MR) is 75.0 cm³/mol. The van der Waals surface area contributed by atoms with Gasteiger partial charge in [-0.15, -0.1) is 0 Å². The number of nitrogens with one attached hydrogen (secondary N) is 1. The van der Waals surface area contributed by atoms with Gasteiger partial charge in [0.2, 0.25) is 11.8 Å². The highest BCUT2D eigenvalue weighted by atomic mass is 16.4. The second kappa shape index (κ2) is 6.11. The summed E-state index contributed by atoms with van der Waals surface area (Å²) >= 11 is 0. The van der Waals surface area contributed by atoms with Crippen molar-refractivity contribution >= 4 is 17.6 Å². The Hall–Kier alpha value is -1.79. The minimum Gasteiger partial charge on any atom is -0.409 e. The summed E-state index contributed by atoms with van der Waals surface area (Å²) in [5.41, 5.74) is 9.18. The molecule has 0 spiro atoms. The topological polar surface area (TPSA) is 131 Å². The van der Waals surface area contributed by atoms with Crippen LogP contribution in [0.3, 0.4) is 0 Å². The number of amidine groups is 1. The summed E-state index contributed by atoms with van der Waals surface area (Å²) in [5, 5.41) is 14.8. The van der Waals surface area contributed by atoms with Crippen LogP contribution < -0.4 is 16.8 Å². The molecule has 0 atom stereocenters. The van der Waals surface area contributed by atoms with Crippen LogP contribution in [0.15, 0.2) is 5.16 Å². The molecule has 1 aliphatic carbocycles. The van der Waals surface area contributed by atoms with Crippen LogP contribution in [-0.4, -0.2) is 28.4 Å². The molecule has 0 saturated heterocycles. The molecule has 0 heterocycles. The van der Waals surface area contributed by atoms with Crippen LogP contribution in [0.2, 0.25) is 0 Å². The van der Waals surface area contributed by atoms with Crippen molar-refractivity contribution in [3.8, 4) is 0 Å². The van der Waals surface area contributed by atoms with Crippen molar-refractivity contribution in [2.45, 2.75) is 57.9 Å². The molecule has 1 rings (SSSR count). The van der Waals surface area contributed by atoms with Crippen molar-refractivity contribution in [2.75, 3.05) is 0 Å². The van der Waals surface area contributed by atoms with E-state index in [1.165, 1.54) is 0 Å². The zero-order chi connectivity index (χ0) is 15.4. The number of oxime groups is 1. The Balaban J connectivity index is 2.92. The first-order chi connectivity index (χ1) is 9.23. The minimum atomic E-state index is -0.984. The molecule has 7 heteroatoms. The average molecular weight is 284 g/mol. The van der Waals surface area contributed by atoms with Gasteiger partial charge in [-0.2, -0.15) is 0 Å². The number of carbonyl (C=O) groups excluding carboxylic acids is 2. The highest BCUT2D eigenvalue weighted by Crippen LogP contribution is 2.37. The fraction of sp³-hybridized carbons (Fsp3) is 0.769. The molecule has 114 valence electrons. The summed E-state index contributed by atoms with van der Waals surface area (Å²) in [6.07, 6.45) is 3.84. The molecule has 0 bridgehead atoms. The molecule has 1 saturated carbocycles. The van der Waals surface area contributed by atoms with Gasteiger partial charge < -0.3 is 22.0 Å². The van der Waals surface area contributed by atoms with Gasteiger partial charge >= 0.3 is 0 Å². The van der Waals surface area contributed by atoms with Gasteiger partial charge in [0.25, 0.3) is 0 Å². The Morgan fingerprint density at radius 3 is 2.25 bits per heavy atom. The second-order valence-electron chi connectivity index (χ2n) is 6.11. The first-order valence-corrected chi connectivity index (χ1v) is 6.82. The molecule has 0 unspecified atom stereocenters. The molecule has 0 aromatic rings. The van der Waals surface area contributed by atoms with E-state index in [4.69, 9.17) is 16.7 Å². The monoisotopic (exact) mass is 284 g/mol. The minimum absolute atomic E-state index is 0.0327. The van der Waals surface area contributed by atoms with E-state index < -0.39 is 16.9 Å². The van der Waals surface area contributed by atoms with Gasteiger partial charge in [0.15, 0.2) is 5.84 Å². The number of rotatable bonds is 5. The molecular formula is C13H24N4O3. The molecule has 0 aliphatic heterocycles. The van der Waals surface area contributed by atoms with Crippen molar-refractivity contribution in [1.82, 2.24) is 5.32 Å². The molecule has 0 aromatic carbocycles. The van der Waals surface area contributed by atoms with Gasteiger partial charge in [-0.05, 0) is 26.7 Å². The molecule has 6 N–H and O–H groups in total. The van der Waals surface area contributed by atoms with Gasteiger partial charge in [-0.25, -0.2) is 0 Å². The van der Waals surface area contributed by atoms with E-state index in [0.717, 1.165) is 19.3 Å². The van der Waals surface area contributed by atoms with Crippen molar-refractivity contribution in [2.24, 2.45) is 22.0 Å². The third kappa shape index (κ3) is 3.61. The lowest BCUT2D eigenvalue weighted by Gasteiger charge is -2.37. The zero-order valence-corrected chi connectivity index (χ0v) is 12.1. The highest BCUT2D eigenvalue weighted by Gasteiger charge is 2.45. The van der Waals surface area contributed by atoms with Crippen LogP contribution in [0.25, 0.3) is 0 Å². The van der Waals surface area contributed by atoms with Crippen LogP contribution in [0.5, 0.6) is 0 Å². The van der Waals surface area contributed by atoms with Gasteiger partial charge in [0.1, 0.15) is 5.41 Å². The summed E-state index contributed by atoms with van der Waals surface area (Å²) in [4.78, 5) is 23.6. The smallest absolute Gasteiger partial charge is 0.234 e. The second-order valence-corrected chi connectivity index (χ2v) is 6.11. The SMILES string of the molecule is CC(C)(CC(N)=O)NC(=O)C1(C(N)=NO)CCCCC1. The van der Waals surface area contributed by atoms with Crippen LogP contribution in [0.1, 0.15) is 52.4 Å². The Labute approximate surface area is 118 Å². The highest BCUT2D eigenvalue weighted by molar-refractivity contribution is 6.07. The van der Waals surface area contributed by atoms with Crippen LogP contribution in [-0.2, 0) is 9.59 Å². The van der Waals surface area contributed by atoms with E-state index in [9.17, 15) is 9.59 Å². The van der Waals surface area contributed by atoms with E-state index in [1.54, 1.807) is 13.8 Å². The summed E-state index contributed by atoms with van der Waals surface area (Å²) in [7, 11) is 0. The number of hydrogen-bond donors (Lipinski definition) is 4. The molecule has 1 aliphatic rings. The number of nitrogens with zero attached hydrogens (tertiary/aromatic N) is 1. The lowest BCUT2D eigenvalue weighted by molar-refractivity contribution is -0.131. The maximum Gasteiger partial charge on any atom is 0.234 e. The quantitative estimate of drug-likeness (QED) is 0.253. The Morgan fingerprint density at radius 2 is 1.80 bits per heavy atom. The number of carbonyl (C=O) groups is 2. The van der Waals surface area contributed by atoms with E-state index in [0.29, 0.717) is 12.8 Å². The van der Waals surface area contributed by atoms with Gasteiger partial charge in [0, 0.05) is 12.0 Å². The summed E-state index contributed by atoms with van der Waals surface area (Å²) in [6.45, 7) is 3.44. The standard InChI is InChI=1S/C13H24N4O3/c1-12(2,8-9(14)18)16-11(19)13(10(15)17-20)6-4-3-5-7-13/h20H,3-8H2,1-2H3,(H2,14,18)(H2,15,17)(H,16,19). The van der Waals surface area contributed by atoms with Gasteiger partial charge in [0.05, 0.1) is 0 Å². The van der Waals surface area contributed by atoms with E-state index in [-0.39, 0.29) is 18.2 Å². The zero-order valence-electron chi connectivity index (χ0n) is 12.1. The van der Waals surface area contributed by atoms with Crippen molar-refractivity contribution in [3.05, 3.63) is 0 Å². The maximum absolute atomic E-state index is 12.6. The van der Waals surface area contributed by atoms with Crippen molar-refractivity contribution in [3.63, 3.8) is 0 Å². The summed E-state index contributed by atoms with van der Waals surface area (Å²) in [5.74, 6) is -0.861. The summed E-state index contributed by atoms with van der Waals surface area (Å²) in [6, 6.07) is 0. The average Bonchev–Trinajstić information content (AvgIpc) is 2.36. The fourth-order valence-electron chi connectivity index (χ4n) is 2.76. The van der Waals surface area contributed by atoms with Crippen LogP contribution in [0.4, 0.5) is 0 Å². The lowest BCUT2D eigenvalue weighted by atomic mass is 9.72. The molecular weight excluding hydrogens is 260 g/mol. The number of amides is 2. The summed E-state index contributed by atoms with van der Waals surface area (Å²) < 4.78 is 0. The van der Waals surface area contributed by atoms with E-state index in [2.05, 4.69) is 10.5 Å². The molecule has 0 aromatic heterocycles. The maximum atomic E-state index is 12.6. The van der Waals surface area contributed by atoms with Crippen molar-refractivity contribution in [1.29, 1.82) is 0 Å². The lowest BCUT2D eigenvalue weighted by Crippen LogP contribution is -2.56. The third-order valence-electron chi connectivity index (χ3n) is 3.81. The first kappa shape index (κ1) is 16.3. The Bertz CT molecular complexity index is 412. The number of hydrogen-bond acceptors (Lipinski definition) is 4. The van der Waals surface area contributed by atoms with E-state index in [1.807, 2.05) is 0 Å². The van der Waals surface area contributed by atoms with Gasteiger partial charge in [-0.3, -0.25) is 9.59 Å². The molecule has 1 fully saturated rings. The Morgan fingerprint density at radius 1 is 1.25 bits per heavy atom. The van der Waals surface area contributed by atoms with E-state index >= 15 is 0 Å². The third-order valence-corrected chi connectivity index (χ3v) is 3.81. The van der Waals surface area contributed by atoms with Gasteiger partial charge in [-0.1, -0.05) is 24.4 Å². The number of primary amides is 1. The predicted octanol–water partition coefficient (Wildman–Crippen LogP) is 0.454. The molecule has 0 radical (unpaired) electrons. The van der Waals surface area contributed by atoms with Crippen LogP contribution >= 0.6 is 0 Å². The largest absolute Gasteiger partial charge is 0.409 e. The molecule has 2 amide bonds. The fourth-order valence-corrected chi connectivity index (χ4v) is 2.76. The normalized spacial score (nSPS) is 19.4. The van der Waals surface area contributed by atoms with Crippen molar-refractivity contribution < 1.29 is 14.8 Å². The van der Waals surface area contributed by atoms with Crippen LogP contribution in [0, 0.1) is 5.41 Å². The first-order valence-electron chi connectivity index (χ1n) is 6.82. The molecule has 20 heavy (non-hydrogen) atoms. The Kier molecular flexibility index (Phi) is 4.97. The number of nitrogens with two attached hydrogens (primary N) is 2.